The normalized spacial score (nSPS) is 22.9. The van der Waals surface area contributed by atoms with Gasteiger partial charge in [-0.05, 0) is 66.9 Å². The minimum absolute atomic E-state index is 0.0725. The number of amides is 2. The lowest BCUT2D eigenvalue weighted by Gasteiger charge is -2.50. The van der Waals surface area contributed by atoms with Crippen LogP contribution in [-0.4, -0.2) is 97.2 Å². The highest BCUT2D eigenvalue weighted by molar-refractivity contribution is 8.03. The zero-order valence-electron chi connectivity index (χ0n) is 33.0. The van der Waals surface area contributed by atoms with Crippen LogP contribution >= 0.6 is 11.8 Å². The number of nitrogens with zero attached hydrogens (tertiary/aromatic N) is 4. The fourth-order valence-electron chi connectivity index (χ4n) is 6.97. The van der Waals surface area contributed by atoms with Crippen LogP contribution in [0.25, 0.3) is 0 Å². The SMILES string of the molecule is C[C@@H](O[Si](C)(C)C(C)(C)C)[C@H]1C(=O)N2C(C(=O)OCc3ccc([N+](=O)[O-])cc3)=C(S[C@H]3C[C@@H](COS(C)(=O)=O)N(C(=O)OCc4ccc([N+](=O)[O-])cc4)C3)[C@H](C)[C@H]12. The molecule has 2 aromatic rings. The lowest BCUT2D eigenvalue weighted by atomic mass is 9.79. The molecule has 0 aromatic heterocycles. The molecule has 2 saturated heterocycles. The number of nitro benzene ring substituents is 2. The molecule has 57 heavy (non-hydrogen) atoms. The van der Waals surface area contributed by atoms with Gasteiger partial charge in [-0.3, -0.25) is 29.2 Å². The molecule has 2 amide bonds. The molecule has 310 valence electrons. The Morgan fingerprint density at radius 3 is 1.98 bits per heavy atom. The van der Waals surface area contributed by atoms with Crippen LogP contribution in [0.2, 0.25) is 18.1 Å². The van der Waals surface area contributed by atoms with Gasteiger partial charge < -0.3 is 23.7 Å². The maximum absolute atomic E-state index is 14.0. The molecule has 0 N–H and O–H groups in total. The molecule has 6 atom stereocenters. The topological polar surface area (TPSA) is 215 Å². The number of β-lactam (4-membered cyclic amide) rings is 1. The van der Waals surface area contributed by atoms with Crippen LogP contribution in [0.4, 0.5) is 16.2 Å². The fourth-order valence-corrected chi connectivity index (χ4v) is 10.4. The van der Waals surface area contributed by atoms with Crippen molar-refractivity contribution in [3.63, 3.8) is 0 Å². The standard InChI is InChI=1S/C37H48N4O13S2Si/c1-22-31-30(23(2)54-57(7,8)37(3,4)5)34(42)39(31)32(35(43)51-19-24-9-13-26(14-10-24)40(45)46)33(22)55-29-17-28(21-53-56(6,49)50)38(18-29)36(44)52-20-25-11-15-27(16-12-25)41(47)48/h9-16,22-23,28-31H,17-21H2,1-8H3/t22-,23-,28+,29+,30-,31-/m1/s1. The summed E-state index contributed by atoms with van der Waals surface area (Å²) in [5.41, 5.74) is 0.834. The third kappa shape index (κ3) is 9.85. The molecule has 0 spiro atoms. The van der Waals surface area contributed by atoms with Crippen LogP contribution in [0.5, 0.6) is 0 Å². The first-order chi connectivity index (χ1) is 26.5. The Kier molecular flexibility index (Phi) is 12.9. The molecule has 2 fully saturated rings. The van der Waals surface area contributed by atoms with Gasteiger partial charge in [0.15, 0.2) is 8.32 Å². The number of hydrogen-bond acceptors (Lipinski definition) is 14. The molecule has 3 aliphatic heterocycles. The number of fused-ring (bicyclic) bond motifs is 1. The highest BCUT2D eigenvalue weighted by Crippen LogP contribution is 2.53. The Morgan fingerprint density at radius 2 is 1.49 bits per heavy atom. The second-order valence-electron chi connectivity index (χ2n) is 16.1. The molecule has 0 bridgehead atoms. The molecule has 0 saturated carbocycles. The van der Waals surface area contributed by atoms with E-state index in [1.165, 1.54) is 70.1 Å². The number of ether oxygens (including phenoxy) is 2. The predicted octanol–water partition coefficient (Wildman–Crippen LogP) is 6.13. The molecule has 5 rings (SSSR count). The number of benzene rings is 2. The van der Waals surface area contributed by atoms with Gasteiger partial charge in [-0.1, -0.05) is 27.7 Å². The Hall–Kier alpha value is -4.37. The molecular formula is C37H48N4O13S2Si. The van der Waals surface area contributed by atoms with Crippen molar-refractivity contribution in [3.8, 4) is 0 Å². The smallest absolute Gasteiger partial charge is 0.410 e. The van der Waals surface area contributed by atoms with E-state index in [1.54, 1.807) is 0 Å². The summed E-state index contributed by atoms with van der Waals surface area (Å²) in [5, 5.41) is 21.7. The largest absolute Gasteiger partial charge is 0.456 e. The maximum atomic E-state index is 14.0. The fraction of sp³-hybridized carbons (Fsp3) is 0.541. The highest BCUT2D eigenvalue weighted by Gasteiger charge is 2.61. The van der Waals surface area contributed by atoms with E-state index in [2.05, 4.69) is 33.9 Å². The minimum Gasteiger partial charge on any atom is -0.456 e. The third-order valence-corrected chi connectivity index (χ3v) is 17.6. The quantitative estimate of drug-likeness (QED) is 0.0492. The highest BCUT2D eigenvalue weighted by atomic mass is 32.2. The zero-order valence-corrected chi connectivity index (χ0v) is 35.7. The zero-order chi connectivity index (χ0) is 42.2. The van der Waals surface area contributed by atoms with Crippen molar-refractivity contribution in [1.82, 2.24) is 9.80 Å². The van der Waals surface area contributed by atoms with E-state index in [9.17, 15) is 43.0 Å². The molecule has 3 heterocycles. The van der Waals surface area contributed by atoms with Gasteiger partial charge in [-0.2, -0.15) is 8.42 Å². The van der Waals surface area contributed by atoms with E-state index in [1.807, 2.05) is 13.8 Å². The van der Waals surface area contributed by atoms with Gasteiger partial charge in [-0.15, -0.1) is 11.8 Å². The van der Waals surface area contributed by atoms with Crippen LogP contribution in [0.3, 0.4) is 0 Å². The number of thioether (sulfide) groups is 1. The number of rotatable bonds is 15. The average Bonchev–Trinajstić information content (AvgIpc) is 3.64. The molecule has 0 unspecified atom stereocenters. The number of esters is 1. The Balaban J connectivity index is 1.39. The first kappa shape index (κ1) is 43.7. The summed E-state index contributed by atoms with van der Waals surface area (Å²) in [7, 11) is -6.17. The van der Waals surface area contributed by atoms with Crippen molar-refractivity contribution in [2.45, 2.75) is 95.8 Å². The summed E-state index contributed by atoms with van der Waals surface area (Å²) in [5.74, 6) is -1.93. The number of carbonyl (C=O) groups excluding carboxylic acids is 3. The van der Waals surface area contributed by atoms with Crippen LogP contribution in [0.15, 0.2) is 59.1 Å². The molecule has 20 heteroatoms. The van der Waals surface area contributed by atoms with Gasteiger partial charge in [0.2, 0.25) is 5.91 Å². The van der Waals surface area contributed by atoms with Gasteiger partial charge in [0, 0.05) is 46.9 Å². The molecule has 0 radical (unpaired) electrons. The third-order valence-electron chi connectivity index (χ3n) is 11.0. The van der Waals surface area contributed by atoms with E-state index in [4.69, 9.17) is 18.1 Å². The second-order valence-corrected chi connectivity index (χ2v) is 23.8. The van der Waals surface area contributed by atoms with Crippen molar-refractivity contribution < 1.29 is 50.7 Å². The lowest BCUT2D eigenvalue weighted by Crippen LogP contribution is -2.65. The van der Waals surface area contributed by atoms with Crippen LogP contribution < -0.4 is 0 Å². The molecule has 2 aromatic carbocycles. The number of carbonyl (C=O) groups is 3. The van der Waals surface area contributed by atoms with Crippen molar-refractivity contribution in [1.29, 1.82) is 0 Å². The predicted molar refractivity (Wildman–Crippen MR) is 212 cm³/mol. The van der Waals surface area contributed by atoms with Crippen molar-refractivity contribution in [2.24, 2.45) is 11.8 Å². The second kappa shape index (κ2) is 16.8. The Bertz CT molecular complexity index is 2040. The lowest BCUT2D eigenvalue weighted by molar-refractivity contribution is -0.385. The monoisotopic (exact) mass is 848 g/mol. The van der Waals surface area contributed by atoms with Crippen molar-refractivity contribution in [2.75, 3.05) is 19.4 Å². The summed E-state index contributed by atoms with van der Waals surface area (Å²) >= 11 is 1.30. The van der Waals surface area contributed by atoms with E-state index in [0.717, 1.165) is 6.26 Å². The van der Waals surface area contributed by atoms with Crippen LogP contribution in [0, 0.1) is 32.1 Å². The van der Waals surface area contributed by atoms with Gasteiger partial charge in [0.05, 0.1) is 46.8 Å². The van der Waals surface area contributed by atoms with Gasteiger partial charge >= 0.3 is 12.1 Å². The van der Waals surface area contributed by atoms with E-state index < -0.39 is 69.7 Å². The number of nitro groups is 2. The summed E-state index contributed by atoms with van der Waals surface area (Å²) < 4.78 is 47.0. The summed E-state index contributed by atoms with van der Waals surface area (Å²) in [6.45, 7) is 13.7. The molecule has 0 aliphatic carbocycles. The summed E-state index contributed by atoms with van der Waals surface area (Å²) in [6, 6.07) is 9.91. The van der Waals surface area contributed by atoms with Crippen molar-refractivity contribution >= 4 is 59.5 Å². The van der Waals surface area contributed by atoms with Gasteiger partial charge in [-0.25, -0.2) is 9.59 Å². The van der Waals surface area contributed by atoms with Gasteiger partial charge in [0.25, 0.3) is 21.5 Å². The first-order valence-electron chi connectivity index (χ1n) is 18.3. The van der Waals surface area contributed by atoms with E-state index >= 15 is 0 Å². The van der Waals surface area contributed by atoms with E-state index in [-0.39, 0.29) is 66.7 Å². The Morgan fingerprint density at radius 1 is 0.965 bits per heavy atom. The number of non-ortho nitro benzene ring substituents is 2. The summed E-state index contributed by atoms with van der Waals surface area (Å²) in [6.07, 6.45) is -0.0567. The first-order valence-corrected chi connectivity index (χ1v) is 23.9. The maximum Gasteiger partial charge on any atom is 0.410 e. The van der Waals surface area contributed by atoms with Crippen LogP contribution in [-0.2, 0) is 51.0 Å². The number of hydrogen-bond donors (Lipinski definition) is 0. The van der Waals surface area contributed by atoms with Crippen LogP contribution in [0.1, 0.15) is 52.2 Å². The molecular weight excluding hydrogens is 801 g/mol. The Labute approximate surface area is 336 Å². The molecule has 17 nitrogen and oxygen atoms in total. The molecule has 3 aliphatic rings. The number of likely N-dealkylation sites (tertiary alicyclic amines) is 1. The summed E-state index contributed by atoms with van der Waals surface area (Å²) in [4.78, 5) is 66.0. The minimum atomic E-state index is -3.88. The van der Waals surface area contributed by atoms with Crippen molar-refractivity contribution in [3.05, 3.63) is 90.5 Å². The van der Waals surface area contributed by atoms with Gasteiger partial charge in [0.1, 0.15) is 18.9 Å². The average molecular weight is 849 g/mol. The van der Waals surface area contributed by atoms with E-state index in [0.29, 0.717) is 16.0 Å².